The smallest absolute Gasteiger partial charge is 0.220 e. The number of amides is 1. The molecular weight excluding hydrogens is 675 g/mol. The lowest BCUT2D eigenvalue weighted by Gasteiger charge is -2.19. The molecule has 0 aromatic rings. The molecule has 0 saturated heterocycles. The molecule has 4 nitrogen and oxygen atoms in total. The SMILES string of the molecule is CC/C=C\C/C=C\C/C=C\C/C=C\C/C=C\C/C=C\C/C=C\C/C=C\CCCCCCC(=O)NC(CO)C(O)/C=C/CC/C=C/CC/C=C/CCCCCC. The molecule has 55 heavy (non-hydrogen) atoms. The Bertz CT molecular complexity index is 1180. The summed E-state index contributed by atoms with van der Waals surface area (Å²) in [5.41, 5.74) is 0. The van der Waals surface area contributed by atoms with E-state index in [0.717, 1.165) is 109 Å². The van der Waals surface area contributed by atoms with Crippen LogP contribution < -0.4 is 5.32 Å². The van der Waals surface area contributed by atoms with Crippen LogP contribution >= 0.6 is 0 Å². The van der Waals surface area contributed by atoms with Gasteiger partial charge in [-0.25, -0.2) is 0 Å². The zero-order valence-electron chi connectivity index (χ0n) is 35.1. The molecule has 0 spiro atoms. The van der Waals surface area contributed by atoms with Gasteiger partial charge in [0.2, 0.25) is 5.91 Å². The summed E-state index contributed by atoms with van der Waals surface area (Å²) in [6.07, 6.45) is 71.2. The van der Waals surface area contributed by atoms with Crippen molar-refractivity contribution in [2.45, 2.75) is 174 Å². The van der Waals surface area contributed by atoms with Crippen LogP contribution in [0.15, 0.2) is 134 Å². The molecule has 0 aliphatic heterocycles. The molecule has 0 aliphatic carbocycles. The second kappa shape index (κ2) is 44.9. The van der Waals surface area contributed by atoms with E-state index in [1.807, 2.05) is 6.08 Å². The third kappa shape index (κ3) is 41.5. The van der Waals surface area contributed by atoms with Gasteiger partial charge >= 0.3 is 0 Å². The van der Waals surface area contributed by atoms with Crippen LogP contribution in [0.3, 0.4) is 0 Å². The lowest BCUT2D eigenvalue weighted by Crippen LogP contribution is -2.45. The Balaban J connectivity index is 3.78. The van der Waals surface area contributed by atoms with Gasteiger partial charge in [0.1, 0.15) is 0 Å². The summed E-state index contributed by atoms with van der Waals surface area (Å²) in [6, 6.07) is -0.669. The second-order valence-corrected chi connectivity index (χ2v) is 14.0. The van der Waals surface area contributed by atoms with E-state index in [0.29, 0.717) is 6.42 Å². The Morgan fingerprint density at radius 1 is 0.455 bits per heavy atom. The first-order valence-electron chi connectivity index (χ1n) is 21.9. The average Bonchev–Trinajstić information content (AvgIpc) is 3.19. The summed E-state index contributed by atoms with van der Waals surface area (Å²) in [4.78, 5) is 12.4. The lowest BCUT2D eigenvalue weighted by molar-refractivity contribution is -0.123. The molecule has 0 bridgehead atoms. The first-order valence-corrected chi connectivity index (χ1v) is 21.9. The summed E-state index contributed by atoms with van der Waals surface area (Å²) in [6.45, 7) is 4.12. The van der Waals surface area contributed by atoms with Crippen molar-refractivity contribution >= 4 is 5.91 Å². The third-order valence-electron chi connectivity index (χ3n) is 8.85. The van der Waals surface area contributed by atoms with Crippen molar-refractivity contribution in [1.82, 2.24) is 5.32 Å². The molecule has 308 valence electrons. The lowest BCUT2D eigenvalue weighted by atomic mass is 10.1. The third-order valence-corrected chi connectivity index (χ3v) is 8.85. The van der Waals surface area contributed by atoms with E-state index >= 15 is 0 Å². The zero-order chi connectivity index (χ0) is 40.0. The second-order valence-electron chi connectivity index (χ2n) is 14.0. The predicted molar refractivity (Wildman–Crippen MR) is 243 cm³/mol. The van der Waals surface area contributed by atoms with Gasteiger partial charge in [0.25, 0.3) is 0 Å². The Morgan fingerprint density at radius 2 is 0.818 bits per heavy atom. The number of rotatable bonds is 37. The molecule has 1 amide bonds. The van der Waals surface area contributed by atoms with Gasteiger partial charge in [-0.15, -0.1) is 0 Å². The van der Waals surface area contributed by atoms with Crippen molar-refractivity contribution in [3.05, 3.63) is 134 Å². The van der Waals surface area contributed by atoms with Crippen LogP contribution in [0.5, 0.6) is 0 Å². The number of carbonyl (C=O) groups excluding carboxylic acids is 1. The van der Waals surface area contributed by atoms with Crippen molar-refractivity contribution in [2.75, 3.05) is 6.61 Å². The number of aliphatic hydroxyl groups is 2. The normalized spacial score (nSPS) is 14.3. The minimum Gasteiger partial charge on any atom is -0.394 e. The molecule has 3 N–H and O–H groups in total. The summed E-state index contributed by atoms with van der Waals surface area (Å²) in [5.74, 6) is -0.111. The molecule has 0 aromatic carbocycles. The fourth-order valence-electron chi connectivity index (χ4n) is 5.52. The number of hydrogen-bond acceptors (Lipinski definition) is 3. The molecule has 2 unspecified atom stereocenters. The largest absolute Gasteiger partial charge is 0.394 e. The molecule has 0 aromatic heterocycles. The summed E-state index contributed by atoms with van der Waals surface area (Å²) >= 11 is 0. The predicted octanol–water partition coefficient (Wildman–Crippen LogP) is 14.0. The molecule has 0 fully saturated rings. The van der Waals surface area contributed by atoms with Gasteiger partial charge in [-0.3, -0.25) is 4.79 Å². The van der Waals surface area contributed by atoms with Crippen molar-refractivity contribution < 1.29 is 15.0 Å². The highest BCUT2D eigenvalue weighted by atomic mass is 16.3. The fourth-order valence-corrected chi connectivity index (χ4v) is 5.52. The number of carbonyl (C=O) groups is 1. The molecular formula is C51H81NO3. The molecule has 0 saturated carbocycles. The van der Waals surface area contributed by atoms with E-state index in [1.54, 1.807) is 6.08 Å². The van der Waals surface area contributed by atoms with Gasteiger partial charge in [0.15, 0.2) is 0 Å². The van der Waals surface area contributed by atoms with Gasteiger partial charge in [-0.05, 0) is 109 Å². The summed E-state index contributed by atoms with van der Waals surface area (Å²) in [7, 11) is 0. The molecule has 2 atom stereocenters. The minimum atomic E-state index is -0.890. The van der Waals surface area contributed by atoms with Crippen LogP contribution in [-0.2, 0) is 4.79 Å². The number of allylic oxidation sites excluding steroid dienone is 21. The minimum absolute atomic E-state index is 0.111. The van der Waals surface area contributed by atoms with Gasteiger partial charge < -0.3 is 15.5 Å². The van der Waals surface area contributed by atoms with Crippen molar-refractivity contribution in [3.8, 4) is 0 Å². The van der Waals surface area contributed by atoms with Gasteiger partial charge in [-0.2, -0.15) is 0 Å². The van der Waals surface area contributed by atoms with Crippen LogP contribution in [-0.4, -0.2) is 34.9 Å². The standard InChI is InChI=1S/C51H81NO3/c1-3-5-7-9-11-13-15-17-19-20-21-22-23-24-25-26-27-28-29-30-31-32-33-35-37-39-41-43-45-47-51(55)52-49(48-53)50(54)46-44-42-40-38-36-34-18-16-14-12-10-8-6-4-2/h5,7,11,13-14,16-17,19,21-22,24-25,27-28,30-31,33,35-36,38,44,46,49-50,53-54H,3-4,6,8-10,12,15,18,20,23,26,29,32,34,37,39-43,45,47-48H2,1-2H3,(H,52,55)/b7-5-,13-11-,16-14+,19-17-,22-21-,25-24-,28-27-,31-30-,35-33-,38-36+,46-44+. The molecule has 0 rings (SSSR count). The molecule has 0 heterocycles. The topological polar surface area (TPSA) is 69.6 Å². The Labute approximate surface area is 339 Å². The monoisotopic (exact) mass is 756 g/mol. The van der Waals surface area contributed by atoms with Crippen LogP contribution in [0, 0.1) is 0 Å². The Hall–Kier alpha value is -3.47. The number of unbranched alkanes of at least 4 members (excludes halogenated alkanes) is 10. The van der Waals surface area contributed by atoms with Gasteiger partial charge in [-0.1, -0.05) is 180 Å². The van der Waals surface area contributed by atoms with E-state index in [4.69, 9.17) is 0 Å². The maximum atomic E-state index is 12.4. The maximum Gasteiger partial charge on any atom is 0.220 e. The van der Waals surface area contributed by atoms with Crippen molar-refractivity contribution in [2.24, 2.45) is 0 Å². The average molecular weight is 756 g/mol. The molecule has 0 radical (unpaired) electrons. The van der Waals surface area contributed by atoms with Gasteiger partial charge in [0, 0.05) is 6.42 Å². The van der Waals surface area contributed by atoms with Crippen LogP contribution in [0.4, 0.5) is 0 Å². The molecule has 4 heteroatoms. The van der Waals surface area contributed by atoms with E-state index in [-0.39, 0.29) is 12.5 Å². The highest BCUT2D eigenvalue weighted by Gasteiger charge is 2.17. The highest BCUT2D eigenvalue weighted by Crippen LogP contribution is 2.08. The molecule has 0 aliphatic rings. The van der Waals surface area contributed by atoms with E-state index in [1.165, 1.54) is 32.1 Å². The summed E-state index contributed by atoms with van der Waals surface area (Å²) < 4.78 is 0. The van der Waals surface area contributed by atoms with Crippen LogP contribution in [0.2, 0.25) is 0 Å². The highest BCUT2D eigenvalue weighted by molar-refractivity contribution is 5.76. The zero-order valence-corrected chi connectivity index (χ0v) is 35.1. The Morgan fingerprint density at radius 3 is 1.25 bits per heavy atom. The number of nitrogens with one attached hydrogen (secondary N) is 1. The van der Waals surface area contributed by atoms with Crippen molar-refractivity contribution in [3.63, 3.8) is 0 Å². The number of aliphatic hydroxyl groups excluding tert-OH is 2. The van der Waals surface area contributed by atoms with E-state index in [9.17, 15) is 15.0 Å². The van der Waals surface area contributed by atoms with E-state index in [2.05, 4.69) is 141 Å². The first kappa shape index (κ1) is 51.5. The van der Waals surface area contributed by atoms with Gasteiger partial charge in [0.05, 0.1) is 18.8 Å². The first-order chi connectivity index (χ1) is 27.2. The van der Waals surface area contributed by atoms with Crippen LogP contribution in [0.1, 0.15) is 162 Å². The van der Waals surface area contributed by atoms with E-state index < -0.39 is 12.1 Å². The maximum absolute atomic E-state index is 12.4. The number of hydrogen-bond donors (Lipinski definition) is 3. The fraction of sp³-hybridized carbons (Fsp3) is 0.549. The quantitative estimate of drug-likeness (QED) is 0.0437. The van der Waals surface area contributed by atoms with Crippen LogP contribution in [0.25, 0.3) is 0 Å². The Kier molecular flexibility index (Phi) is 42.1. The van der Waals surface area contributed by atoms with Crippen molar-refractivity contribution in [1.29, 1.82) is 0 Å². The summed E-state index contributed by atoms with van der Waals surface area (Å²) in [5, 5.41) is 22.9.